The van der Waals surface area contributed by atoms with Gasteiger partial charge in [-0.15, -0.1) is 0 Å². The van der Waals surface area contributed by atoms with Crippen LogP contribution in [0.2, 0.25) is 0 Å². The zero-order valence-electron chi connectivity index (χ0n) is 10.6. The molecule has 0 aromatic carbocycles. The monoisotopic (exact) mass is 276 g/mol. The van der Waals surface area contributed by atoms with Crippen molar-refractivity contribution < 1.29 is 9.90 Å². The lowest BCUT2D eigenvalue weighted by Crippen LogP contribution is -2.14. The van der Waals surface area contributed by atoms with E-state index in [0.717, 1.165) is 12.2 Å². The van der Waals surface area contributed by atoms with Crippen LogP contribution >= 0.6 is 11.8 Å². The Balaban J connectivity index is 1.92. The SMILES string of the molecule is O=C(O)c1cccn2c(CC3CCSCC3)ncc12. The van der Waals surface area contributed by atoms with Crippen molar-refractivity contribution in [2.45, 2.75) is 19.3 Å². The van der Waals surface area contributed by atoms with Crippen molar-refractivity contribution in [3.05, 3.63) is 35.9 Å². The number of thioether (sulfide) groups is 1. The fourth-order valence-corrected chi connectivity index (χ4v) is 3.82. The number of rotatable bonds is 3. The number of hydrogen-bond donors (Lipinski definition) is 1. The average Bonchev–Trinajstić information content (AvgIpc) is 2.83. The molecule has 3 rings (SSSR count). The van der Waals surface area contributed by atoms with Crippen molar-refractivity contribution in [1.82, 2.24) is 9.38 Å². The second-order valence-electron chi connectivity index (χ2n) is 4.92. The van der Waals surface area contributed by atoms with Gasteiger partial charge in [-0.2, -0.15) is 11.8 Å². The third-order valence-electron chi connectivity index (χ3n) is 3.69. The van der Waals surface area contributed by atoms with Crippen molar-refractivity contribution >= 4 is 23.2 Å². The molecule has 1 aliphatic rings. The van der Waals surface area contributed by atoms with Gasteiger partial charge >= 0.3 is 5.97 Å². The smallest absolute Gasteiger partial charge is 0.337 e. The van der Waals surface area contributed by atoms with Crippen LogP contribution < -0.4 is 0 Å². The number of carboxylic acids is 1. The predicted molar refractivity (Wildman–Crippen MR) is 75.9 cm³/mol. The molecular formula is C14H16N2O2S. The zero-order valence-corrected chi connectivity index (χ0v) is 11.4. The fourth-order valence-electron chi connectivity index (χ4n) is 2.62. The van der Waals surface area contributed by atoms with Gasteiger partial charge < -0.3 is 9.51 Å². The summed E-state index contributed by atoms with van der Waals surface area (Å²) in [6.45, 7) is 0. The molecule has 2 aromatic rings. The van der Waals surface area contributed by atoms with Crippen molar-refractivity contribution in [2.75, 3.05) is 11.5 Å². The van der Waals surface area contributed by atoms with Crippen molar-refractivity contribution in [3.63, 3.8) is 0 Å². The highest BCUT2D eigenvalue weighted by molar-refractivity contribution is 7.99. The molecule has 1 N–H and O–H groups in total. The molecule has 0 spiro atoms. The maximum atomic E-state index is 11.2. The number of fused-ring (bicyclic) bond motifs is 1. The minimum absolute atomic E-state index is 0.320. The third-order valence-corrected chi connectivity index (χ3v) is 4.74. The van der Waals surface area contributed by atoms with E-state index in [1.54, 1.807) is 18.3 Å². The van der Waals surface area contributed by atoms with Crippen LogP contribution in [-0.2, 0) is 6.42 Å². The van der Waals surface area contributed by atoms with Gasteiger partial charge in [-0.3, -0.25) is 0 Å². The summed E-state index contributed by atoms with van der Waals surface area (Å²) in [6, 6.07) is 3.40. The van der Waals surface area contributed by atoms with Crippen LogP contribution in [0.15, 0.2) is 24.5 Å². The standard InChI is InChI=1S/C14H16N2O2S/c17-14(18)11-2-1-5-16-12(11)9-15-13(16)8-10-3-6-19-7-4-10/h1-2,5,9-10H,3-4,6-8H2,(H,17,18). The average molecular weight is 276 g/mol. The second-order valence-corrected chi connectivity index (χ2v) is 6.14. The third kappa shape index (κ3) is 2.47. The maximum absolute atomic E-state index is 11.2. The lowest BCUT2D eigenvalue weighted by Gasteiger charge is -2.20. The van der Waals surface area contributed by atoms with E-state index in [-0.39, 0.29) is 0 Å². The molecule has 100 valence electrons. The molecule has 0 radical (unpaired) electrons. The second kappa shape index (κ2) is 5.25. The van der Waals surface area contributed by atoms with E-state index in [0.29, 0.717) is 17.0 Å². The quantitative estimate of drug-likeness (QED) is 0.936. The molecule has 5 heteroatoms. The van der Waals surface area contributed by atoms with E-state index in [1.165, 1.54) is 24.3 Å². The van der Waals surface area contributed by atoms with Crippen molar-refractivity contribution in [3.8, 4) is 0 Å². The predicted octanol–water partition coefficient (Wildman–Crippen LogP) is 2.72. The van der Waals surface area contributed by atoms with Gasteiger partial charge in [0.05, 0.1) is 17.3 Å². The van der Waals surface area contributed by atoms with Crippen LogP contribution in [0.5, 0.6) is 0 Å². The fraction of sp³-hybridized carbons (Fsp3) is 0.429. The van der Waals surface area contributed by atoms with Gasteiger partial charge in [0.25, 0.3) is 0 Å². The number of aromatic nitrogens is 2. The Labute approximate surface area is 115 Å². The Hall–Kier alpha value is -1.49. The minimum Gasteiger partial charge on any atom is -0.478 e. The molecular weight excluding hydrogens is 260 g/mol. The number of imidazole rings is 1. The molecule has 0 aliphatic carbocycles. The van der Waals surface area contributed by atoms with Gasteiger partial charge in [0.2, 0.25) is 0 Å². The van der Waals surface area contributed by atoms with E-state index >= 15 is 0 Å². The Morgan fingerprint density at radius 1 is 1.47 bits per heavy atom. The topological polar surface area (TPSA) is 54.6 Å². The van der Waals surface area contributed by atoms with Crippen LogP contribution in [0.4, 0.5) is 0 Å². The molecule has 4 nitrogen and oxygen atoms in total. The van der Waals surface area contributed by atoms with Gasteiger partial charge in [-0.05, 0) is 42.4 Å². The van der Waals surface area contributed by atoms with Crippen molar-refractivity contribution in [2.24, 2.45) is 5.92 Å². The van der Waals surface area contributed by atoms with Crippen LogP contribution in [-0.4, -0.2) is 32.0 Å². The summed E-state index contributed by atoms with van der Waals surface area (Å²) in [5, 5.41) is 9.17. The number of hydrogen-bond acceptors (Lipinski definition) is 3. The molecule has 1 saturated heterocycles. The number of carboxylic acid groups (broad SMARTS) is 1. The minimum atomic E-state index is -0.897. The molecule has 0 saturated carbocycles. The van der Waals surface area contributed by atoms with Gasteiger partial charge in [0.1, 0.15) is 5.82 Å². The highest BCUT2D eigenvalue weighted by atomic mass is 32.2. The summed E-state index contributed by atoms with van der Waals surface area (Å²) in [5.41, 5.74) is 1.01. The van der Waals surface area contributed by atoms with E-state index in [1.807, 2.05) is 22.4 Å². The maximum Gasteiger partial charge on any atom is 0.337 e. The summed E-state index contributed by atoms with van der Waals surface area (Å²) in [6.07, 6.45) is 6.99. The molecule has 3 heterocycles. The highest BCUT2D eigenvalue weighted by Crippen LogP contribution is 2.26. The van der Waals surface area contributed by atoms with Gasteiger partial charge in [0.15, 0.2) is 0 Å². The Bertz CT molecular complexity index is 603. The van der Waals surface area contributed by atoms with E-state index in [4.69, 9.17) is 5.11 Å². The molecule has 2 aromatic heterocycles. The van der Waals surface area contributed by atoms with Gasteiger partial charge in [-0.25, -0.2) is 9.78 Å². The van der Waals surface area contributed by atoms with Gasteiger partial charge in [0, 0.05) is 12.6 Å². The Morgan fingerprint density at radius 3 is 3.00 bits per heavy atom. The summed E-state index contributed by atoms with van der Waals surface area (Å²) in [5.74, 6) is 3.23. The van der Waals surface area contributed by atoms with Crippen LogP contribution in [0, 0.1) is 5.92 Å². The summed E-state index contributed by atoms with van der Waals surface area (Å²) >= 11 is 2.02. The molecule has 0 bridgehead atoms. The zero-order chi connectivity index (χ0) is 13.2. The molecule has 1 fully saturated rings. The van der Waals surface area contributed by atoms with E-state index in [2.05, 4.69) is 4.98 Å². The number of pyridine rings is 1. The van der Waals surface area contributed by atoms with Gasteiger partial charge in [-0.1, -0.05) is 0 Å². The van der Waals surface area contributed by atoms with Crippen LogP contribution in [0.25, 0.3) is 5.52 Å². The largest absolute Gasteiger partial charge is 0.478 e. The molecule has 19 heavy (non-hydrogen) atoms. The van der Waals surface area contributed by atoms with E-state index < -0.39 is 5.97 Å². The Kier molecular flexibility index (Phi) is 3.46. The van der Waals surface area contributed by atoms with Crippen LogP contribution in [0.1, 0.15) is 29.0 Å². The molecule has 0 amide bonds. The Morgan fingerprint density at radius 2 is 2.26 bits per heavy atom. The molecule has 0 atom stereocenters. The lowest BCUT2D eigenvalue weighted by atomic mass is 9.98. The summed E-state index contributed by atoms with van der Waals surface area (Å²) < 4.78 is 1.92. The molecule has 1 aliphatic heterocycles. The first-order chi connectivity index (χ1) is 9.25. The summed E-state index contributed by atoms with van der Waals surface area (Å²) in [7, 11) is 0. The lowest BCUT2D eigenvalue weighted by molar-refractivity contribution is 0.0698. The first-order valence-electron chi connectivity index (χ1n) is 6.51. The highest BCUT2D eigenvalue weighted by Gasteiger charge is 2.18. The number of aromatic carboxylic acids is 1. The van der Waals surface area contributed by atoms with Crippen molar-refractivity contribution in [1.29, 1.82) is 0 Å². The van der Waals surface area contributed by atoms with Crippen LogP contribution in [0.3, 0.4) is 0 Å². The molecule has 0 unspecified atom stereocenters. The normalized spacial score (nSPS) is 16.8. The number of carbonyl (C=O) groups is 1. The van der Waals surface area contributed by atoms with E-state index in [9.17, 15) is 4.79 Å². The number of nitrogens with zero attached hydrogens (tertiary/aromatic N) is 2. The first-order valence-corrected chi connectivity index (χ1v) is 7.67. The first kappa shape index (κ1) is 12.5. The summed E-state index contributed by atoms with van der Waals surface area (Å²) in [4.78, 5) is 15.6.